The molecule has 3 aromatic carbocycles. The molecule has 0 spiro atoms. The number of carbonyl (C=O) groups excluding carboxylic acids is 1. The topological polar surface area (TPSA) is 92.5 Å². The number of nitrogens with zero attached hydrogens (tertiary/aromatic N) is 3. The van der Waals surface area contributed by atoms with E-state index in [1.807, 2.05) is 48.7 Å². The molecule has 0 aliphatic carbocycles. The number of rotatable bonds is 8. The number of aromatic nitrogens is 3. The molecular weight excluding hydrogens is 482 g/mol. The molecule has 8 nitrogen and oxygen atoms in total. The Labute approximate surface area is 219 Å². The minimum atomic E-state index is -0.244. The number of fused-ring (bicyclic) bond motifs is 2. The minimum Gasteiger partial charge on any atom is -0.493 e. The lowest BCUT2D eigenvalue weighted by Crippen LogP contribution is -2.21. The molecule has 0 fully saturated rings. The van der Waals surface area contributed by atoms with Gasteiger partial charge in [-0.1, -0.05) is 24.3 Å². The Morgan fingerprint density at radius 2 is 1.63 bits per heavy atom. The van der Waals surface area contributed by atoms with Crippen LogP contribution >= 0.6 is 0 Å². The van der Waals surface area contributed by atoms with Gasteiger partial charge < -0.3 is 18.8 Å². The number of Topliss-reactive ketones (excluding diaryl/α,β-unsaturated/α-hetero) is 1. The number of ether oxygens (including phenoxy) is 3. The molecule has 192 valence electrons. The number of hydrogen-bond donors (Lipinski definition) is 0. The molecule has 0 radical (unpaired) electrons. The molecule has 0 amide bonds. The van der Waals surface area contributed by atoms with Gasteiger partial charge in [-0.25, -0.2) is 0 Å². The number of methoxy groups -OCH3 is 2. The molecule has 0 aliphatic rings. The van der Waals surface area contributed by atoms with Gasteiger partial charge in [0, 0.05) is 30.1 Å². The van der Waals surface area contributed by atoms with Crippen LogP contribution < -0.4 is 19.6 Å². The normalized spacial score (nSPS) is 11.2. The second-order valence-corrected chi connectivity index (χ2v) is 9.17. The number of pyridine rings is 1. The van der Waals surface area contributed by atoms with Crippen molar-refractivity contribution in [1.29, 1.82) is 0 Å². The molecule has 0 saturated carbocycles. The quantitative estimate of drug-likeness (QED) is 0.246. The van der Waals surface area contributed by atoms with Crippen LogP contribution in [0.3, 0.4) is 0 Å². The van der Waals surface area contributed by atoms with Gasteiger partial charge in [-0.15, -0.1) is 0 Å². The predicted molar refractivity (Wildman–Crippen MR) is 146 cm³/mol. The molecule has 0 N–H and O–H groups in total. The van der Waals surface area contributed by atoms with E-state index in [-0.39, 0.29) is 29.2 Å². The van der Waals surface area contributed by atoms with E-state index in [0.29, 0.717) is 33.9 Å². The van der Waals surface area contributed by atoms with Crippen molar-refractivity contribution in [2.75, 3.05) is 14.2 Å². The molecule has 0 atom stereocenters. The summed E-state index contributed by atoms with van der Waals surface area (Å²) in [6.45, 7) is 4.05. The van der Waals surface area contributed by atoms with Crippen LogP contribution in [0.25, 0.3) is 21.8 Å². The summed E-state index contributed by atoms with van der Waals surface area (Å²) in [7, 11) is 3.12. The van der Waals surface area contributed by atoms with E-state index in [4.69, 9.17) is 14.2 Å². The van der Waals surface area contributed by atoms with Gasteiger partial charge in [0.25, 0.3) is 0 Å². The summed E-state index contributed by atoms with van der Waals surface area (Å²) in [6.07, 6.45) is 3.31. The van der Waals surface area contributed by atoms with Crippen LogP contribution in [0.4, 0.5) is 0 Å². The zero-order valence-corrected chi connectivity index (χ0v) is 21.6. The van der Waals surface area contributed by atoms with E-state index in [9.17, 15) is 9.59 Å². The van der Waals surface area contributed by atoms with Gasteiger partial charge in [0.15, 0.2) is 28.5 Å². The van der Waals surface area contributed by atoms with Crippen molar-refractivity contribution in [1.82, 2.24) is 14.8 Å². The Balaban J connectivity index is 1.39. The maximum Gasteiger partial charge on any atom is 0.200 e. The van der Waals surface area contributed by atoms with Crippen LogP contribution in [-0.2, 0) is 6.42 Å². The highest BCUT2D eigenvalue weighted by atomic mass is 16.5. The zero-order valence-electron chi connectivity index (χ0n) is 21.6. The third-order valence-electron chi connectivity index (χ3n) is 6.42. The standard InChI is InChI=1S/C30H27N3O5/c1-18(2)33-17-23(30(35)21-7-5-6-8-25(21)33)26(34)13-19-9-11-20(12-10-19)38-29-16-31-32-24-15-28(37-4)27(36-3)14-22(24)29/h5-12,14-18H,13H2,1-4H3. The van der Waals surface area contributed by atoms with E-state index in [2.05, 4.69) is 10.2 Å². The lowest BCUT2D eigenvalue weighted by atomic mass is 10.0. The van der Waals surface area contributed by atoms with Gasteiger partial charge in [0.1, 0.15) is 11.3 Å². The summed E-state index contributed by atoms with van der Waals surface area (Å²) in [6, 6.07) is 18.2. The molecule has 5 aromatic rings. The second kappa shape index (κ2) is 10.3. The number of benzene rings is 3. The van der Waals surface area contributed by atoms with Crippen molar-refractivity contribution in [3.05, 3.63) is 94.4 Å². The van der Waals surface area contributed by atoms with Crippen molar-refractivity contribution in [2.24, 2.45) is 0 Å². The first kappa shape index (κ1) is 25.0. The first-order chi connectivity index (χ1) is 18.4. The average Bonchev–Trinajstić information content (AvgIpc) is 2.93. The molecule has 2 aromatic heterocycles. The van der Waals surface area contributed by atoms with E-state index < -0.39 is 0 Å². The van der Waals surface area contributed by atoms with Gasteiger partial charge in [0.2, 0.25) is 0 Å². The monoisotopic (exact) mass is 509 g/mol. The van der Waals surface area contributed by atoms with Crippen molar-refractivity contribution in [3.8, 4) is 23.0 Å². The van der Waals surface area contributed by atoms with Gasteiger partial charge in [0.05, 0.1) is 36.9 Å². The smallest absolute Gasteiger partial charge is 0.200 e. The number of hydrogen-bond acceptors (Lipinski definition) is 7. The second-order valence-electron chi connectivity index (χ2n) is 9.17. The summed E-state index contributed by atoms with van der Waals surface area (Å²) >= 11 is 0. The third-order valence-corrected chi connectivity index (χ3v) is 6.42. The molecular formula is C30H27N3O5. The van der Waals surface area contributed by atoms with Crippen LogP contribution in [0.2, 0.25) is 0 Å². The Kier molecular flexibility index (Phi) is 6.79. The molecule has 8 heteroatoms. The maximum atomic E-state index is 13.2. The van der Waals surface area contributed by atoms with Crippen LogP contribution in [0.15, 0.2) is 77.9 Å². The molecule has 0 unspecified atom stereocenters. The molecule has 5 rings (SSSR count). The first-order valence-electron chi connectivity index (χ1n) is 12.2. The minimum absolute atomic E-state index is 0.0999. The van der Waals surface area contributed by atoms with Crippen molar-refractivity contribution in [2.45, 2.75) is 26.3 Å². The van der Waals surface area contributed by atoms with E-state index in [1.165, 1.54) is 6.20 Å². The number of ketones is 1. The highest BCUT2D eigenvalue weighted by molar-refractivity contribution is 6.00. The van der Waals surface area contributed by atoms with E-state index in [1.54, 1.807) is 50.7 Å². The van der Waals surface area contributed by atoms with Crippen LogP contribution in [0, 0.1) is 0 Å². The van der Waals surface area contributed by atoms with Crippen molar-refractivity contribution < 1.29 is 19.0 Å². The summed E-state index contributed by atoms with van der Waals surface area (Å²) < 4.78 is 18.8. The number of carbonyl (C=O) groups is 1. The average molecular weight is 510 g/mol. The van der Waals surface area contributed by atoms with Gasteiger partial charge in [-0.3, -0.25) is 9.59 Å². The van der Waals surface area contributed by atoms with Crippen molar-refractivity contribution >= 4 is 27.6 Å². The van der Waals surface area contributed by atoms with E-state index in [0.717, 1.165) is 16.5 Å². The Morgan fingerprint density at radius 1 is 0.921 bits per heavy atom. The highest BCUT2D eigenvalue weighted by Gasteiger charge is 2.17. The molecule has 0 aliphatic heterocycles. The highest BCUT2D eigenvalue weighted by Crippen LogP contribution is 2.36. The Morgan fingerprint density at radius 3 is 2.34 bits per heavy atom. The van der Waals surface area contributed by atoms with Crippen molar-refractivity contribution in [3.63, 3.8) is 0 Å². The van der Waals surface area contributed by atoms with Crippen LogP contribution in [0.1, 0.15) is 35.8 Å². The molecule has 0 saturated heterocycles. The summed E-state index contributed by atoms with van der Waals surface area (Å²) in [5, 5.41) is 9.45. The summed E-state index contributed by atoms with van der Waals surface area (Å²) in [5.41, 5.74) is 2.14. The van der Waals surface area contributed by atoms with Gasteiger partial charge in [-0.05, 0) is 49.7 Å². The summed E-state index contributed by atoms with van der Waals surface area (Å²) in [5.74, 6) is 1.95. The van der Waals surface area contributed by atoms with Crippen LogP contribution in [-0.4, -0.2) is 34.8 Å². The fraction of sp³-hybridized carbons (Fsp3) is 0.200. The van der Waals surface area contributed by atoms with E-state index >= 15 is 0 Å². The molecule has 38 heavy (non-hydrogen) atoms. The lowest BCUT2D eigenvalue weighted by Gasteiger charge is -2.16. The van der Waals surface area contributed by atoms with Gasteiger partial charge >= 0.3 is 0 Å². The zero-order chi connectivity index (χ0) is 26.8. The molecule has 2 heterocycles. The SMILES string of the molecule is COc1cc2nncc(Oc3ccc(CC(=O)c4cn(C(C)C)c5ccccc5c4=O)cc3)c2cc1OC. The first-order valence-corrected chi connectivity index (χ1v) is 12.2. The Bertz CT molecular complexity index is 1710. The largest absolute Gasteiger partial charge is 0.493 e. The fourth-order valence-corrected chi connectivity index (χ4v) is 4.45. The van der Waals surface area contributed by atoms with Crippen LogP contribution in [0.5, 0.6) is 23.0 Å². The Hall–Kier alpha value is -4.72. The predicted octanol–water partition coefficient (Wildman–Crippen LogP) is 5.76. The fourth-order valence-electron chi connectivity index (χ4n) is 4.45. The lowest BCUT2D eigenvalue weighted by molar-refractivity contribution is 0.0991. The molecule has 0 bridgehead atoms. The summed E-state index contributed by atoms with van der Waals surface area (Å²) in [4.78, 5) is 26.3. The third kappa shape index (κ3) is 4.68. The van der Waals surface area contributed by atoms with Gasteiger partial charge in [-0.2, -0.15) is 10.2 Å². The number of para-hydroxylation sites is 1. The maximum absolute atomic E-state index is 13.2.